The molecule has 1 fully saturated rings. The van der Waals surface area contributed by atoms with Crippen molar-refractivity contribution in [3.63, 3.8) is 0 Å². The van der Waals surface area contributed by atoms with Crippen molar-refractivity contribution in [2.24, 2.45) is 5.92 Å². The number of hydrogen-bond acceptors (Lipinski definition) is 2. The Bertz CT molecular complexity index is 850. The Hall–Kier alpha value is -2.82. The molecule has 0 radical (unpaired) electrons. The van der Waals surface area contributed by atoms with Gasteiger partial charge in [-0.1, -0.05) is 43.3 Å². The average Bonchev–Trinajstić information content (AvgIpc) is 2.69. The van der Waals surface area contributed by atoms with Crippen LogP contribution in [0.2, 0.25) is 0 Å². The normalized spacial score (nSPS) is 22.0. The first-order valence-electron chi connectivity index (χ1n) is 9.66. The van der Waals surface area contributed by atoms with E-state index in [9.17, 15) is 9.59 Å². The quantitative estimate of drug-likeness (QED) is 0.848. The molecule has 0 spiro atoms. The van der Waals surface area contributed by atoms with Crippen LogP contribution in [0.4, 0.5) is 10.5 Å². The fourth-order valence-corrected chi connectivity index (χ4v) is 4.17. The highest BCUT2D eigenvalue weighted by molar-refractivity contribution is 6.00. The lowest BCUT2D eigenvalue weighted by Gasteiger charge is -2.39. The second-order valence-electron chi connectivity index (χ2n) is 7.53. The number of nitrogens with one attached hydrogen (secondary N) is 2. The van der Waals surface area contributed by atoms with Crippen molar-refractivity contribution in [3.8, 4) is 0 Å². The Labute approximate surface area is 159 Å². The summed E-state index contributed by atoms with van der Waals surface area (Å²) in [5.41, 5.74) is 3.51. The van der Waals surface area contributed by atoms with Gasteiger partial charge in [0, 0.05) is 24.3 Å². The van der Waals surface area contributed by atoms with Gasteiger partial charge < -0.3 is 15.5 Å². The molecule has 1 saturated heterocycles. The highest BCUT2D eigenvalue weighted by atomic mass is 16.2. The van der Waals surface area contributed by atoms with Crippen molar-refractivity contribution in [1.82, 2.24) is 10.2 Å². The molecule has 2 aromatic carbocycles. The number of hydrogen-bond donors (Lipinski definition) is 2. The predicted molar refractivity (Wildman–Crippen MR) is 106 cm³/mol. The van der Waals surface area contributed by atoms with Gasteiger partial charge in [0.15, 0.2) is 0 Å². The number of amides is 3. The first-order chi connectivity index (χ1) is 13.1. The summed E-state index contributed by atoms with van der Waals surface area (Å²) < 4.78 is 0. The summed E-state index contributed by atoms with van der Waals surface area (Å²) >= 11 is 0. The lowest BCUT2D eigenvalue weighted by molar-refractivity contribution is 0.0946. The molecule has 2 aliphatic rings. The number of carbonyl (C=O) groups excluding carboxylic acids is 2. The minimum absolute atomic E-state index is 0.0684. The summed E-state index contributed by atoms with van der Waals surface area (Å²) in [6.07, 6.45) is 2.81. The Kier molecular flexibility index (Phi) is 4.84. The number of rotatable bonds is 2. The predicted octanol–water partition coefficient (Wildman–Crippen LogP) is 3.98. The third kappa shape index (κ3) is 3.54. The number of likely N-dealkylation sites (tertiary alicyclic amines) is 1. The van der Waals surface area contributed by atoms with Gasteiger partial charge in [-0.25, -0.2) is 4.79 Å². The Balaban J connectivity index is 1.59. The van der Waals surface area contributed by atoms with Crippen LogP contribution in [-0.2, 0) is 6.42 Å². The standard InChI is InChI=1S/C22H25N3O2/c1-15-10-11-20(16-6-3-2-4-7-16)25(14-15)22(27)24-19-9-5-8-18-17(19)12-13-23-21(18)26/h2-9,15,20H,10-14H2,1H3,(H,23,26)(H,24,27). The SMILES string of the molecule is CC1CCC(c2ccccc2)N(C(=O)Nc2cccc3c2CCNC3=O)C1. The average molecular weight is 363 g/mol. The third-order valence-electron chi connectivity index (χ3n) is 5.59. The number of urea groups is 1. The first-order valence-corrected chi connectivity index (χ1v) is 9.66. The van der Waals surface area contributed by atoms with Crippen LogP contribution < -0.4 is 10.6 Å². The zero-order valence-corrected chi connectivity index (χ0v) is 15.6. The number of piperidine rings is 1. The first kappa shape index (κ1) is 17.6. The van der Waals surface area contributed by atoms with E-state index in [1.165, 1.54) is 5.56 Å². The van der Waals surface area contributed by atoms with Gasteiger partial charge >= 0.3 is 6.03 Å². The molecule has 3 amide bonds. The molecule has 0 aliphatic carbocycles. The fraction of sp³-hybridized carbons (Fsp3) is 0.364. The molecular formula is C22H25N3O2. The van der Waals surface area contributed by atoms with Gasteiger partial charge in [-0.2, -0.15) is 0 Å². The van der Waals surface area contributed by atoms with Gasteiger partial charge in [0.2, 0.25) is 0 Å². The van der Waals surface area contributed by atoms with E-state index in [-0.39, 0.29) is 18.0 Å². The highest BCUT2D eigenvalue weighted by Crippen LogP contribution is 2.34. The summed E-state index contributed by atoms with van der Waals surface area (Å²) in [5, 5.41) is 5.94. The zero-order chi connectivity index (χ0) is 18.8. The molecule has 2 aromatic rings. The van der Waals surface area contributed by atoms with Gasteiger partial charge in [-0.05, 0) is 48.4 Å². The van der Waals surface area contributed by atoms with Crippen LogP contribution in [0.15, 0.2) is 48.5 Å². The topological polar surface area (TPSA) is 61.4 Å². The lowest BCUT2D eigenvalue weighted by atomic mass is 9.90. The summed E-state index contributed by atoms with van der Waals surface area (Å²) in [7, 11) is 0. The van der Waals surface area contributed by atoms with Crippen LogP contribution in [0.25, 0.3) is 0 Å². The molecule has 2 unspecified atom stereocenters. The molecule has 0 saturated carbocycles. The van der Waals surface area contributed by atoms with E-state index in [2.05, 4.69) is 29.7 Å². The van der Waals surface area contributed by atoms with Crippen molar-refractivity contribution in [2.45, 2.75) is 32.2 Å². The molecule has 0 bridgehead atoms. The van der Waals surface area contributed by atoms with Crippen molar-refractivity contribution in [3.05, 3.63) is 65.2 Å². The van der Waals surface area contributed by atoms with Crippen molar-refractivity contribution < 1.29 is 9.59 Å². The lowest BCUT2D eigenvalue weighted by Crippen LogP contribution is -2.44. The van der Waals surface area contributed by atoms with Gasteiger partial charge in [-0.3, -0.25) is 4.79 Å². The van der Waals surface area contributed by atoms with Crippen LogP contribution in [0.3, 0.4) is 0 Å². The molecule has 140 valence electrons. The molecule has 0 aromatic heterocycles. The van der Waals surface area contributed by atoms with E-state index < -0.39 is 0 Å². The van der Waals surface area contributed by atoms with Crippen molar-refractivity contribution in [2.75, 3.05) is 18.4 Å². The van der Waals surface area contributed by atoms with E-state index in [1.807, 2.05) is 41.3 Å². The van der Waals surface area contributed by atoms with Crippen molar-refractivity contribution >= 4 is 17.6 Å². The monoisotopic (exact) mass is 363 g/mol. The van der Waals surface area contributed by atoms with Crippen molar-refractivity contribution in [1.29, 1.82) is 0 Å². The second-order valence-corrected chi connectivity index (χ2v) is 7.53. The summed E-state index contributed by atoms with van der Waals surface area (Å²) in [6.45, 7) is 3.53. The Morgan fingerprint density at radius 1 is 1.11 bits per heavy atom. The van der Waals surface area contributed by atoms with Gasteiger partial charge in [0.25, 0.3) is 5.91 Å². The molecule has 2 aliphatic heterocycles. The number of anilines is 1. The van der Waals surface area contributed by atoms with E-state index in [4.69, 9.17) is 0 Å². The van der Waals surface area contributed by atoms with E-state index in [0.29, 0.717) is 18.0 Å². The highest BCUT2D eigenvalue weighted by Gasteiger charge is 2.31. The molecule has 2 atom stereocenters. The maximum absolute atomic E-state index is 13.2. The Morgan fingerprint density at radius 2 is 1.93 bits per heavy atom. The van der Waals surface area contributed by atoms with Crippen LogP contribution in [0.1, 0.15) is 47.3 Å². The van der Waals surface area contributed by atoms with E-state index >= 15 is 0 Å². The van der Waals surface area contributed by atoms with Gasteiger partial charge in [0.1, 0.15) is 0 Å². The maximum atomic E-state index is 13.2. The molecule has 5 heteroatoms. The number of fused-ring (bicyclic) bond motifs is 1. The second kappa shape index (κ2) is 7.43. The minimum Gasteiger partial charge on any atom is -0.352 e. The summed E-state index contributed by atoms with van der Waals surface area (Å²) in [4.78, 5) is 27.2. The van der Waals surface area contributed by atoms with Crippen LogP contribution in [-0.4, -0.2) is 29.9 Å². The molecular weight excluding hydrogens is 338 g/mol. The van der Waals surface area contributed by atoms with E-state index in [0.717, 1.165) is 37.1 Å². The zero-order valence-electron chi connectivity index (χ0n) is 15.6. The molecule has 4 rings (SSSR count). The maximum Gasteiger partial charge on any atom is 0.322 e. The van der Waals surface area contributed by atoms with E-state index in [1.54, 1.807) is 0 Å². The van der Waals surface area contributed by atoms with Crippen LogP contribution in [0, 0.1) is 5.92 Å². The van der Waals surface area contributed by atoms with Gasteiger partial charge in [0.05, 0.1) is 6.04 Å². The summed E-state index contributed by atoms with van der Waals surface area (Å²) in [5.74, 6) is 0.410. The van der Waals surface area contributed by atoms with Crippen LogP contribution >= 0.6 is 0 Å². The van der Waals surface area contributed by atoms with Crippen LogP contribution in [0.5, 0.6) is 0 Å². The minimum atomic E-state index is -0.0882. The largest absolute Gasteiger partial charge is 0.352 e. The Morgan fingerprint density at radius 3 is 2.74 bits per heavy atom. The van der Waals surface area contributed by atoms with Gasteiger partial charge in [-0.15, -0.1) is 0 Å². The molecule has 2 heterocycles. The molecule has 5 nitrogen and oxygen atoms in total. The fourth-order valence-electron chi connectivity index (χ4n) is 4.17. The number of benzene rings is 2. The number of carbonyl (C=O) groups is 2. The summed E-state index contributed by atoms with van der Waals surface area (Å²) in [6, 6.07) is 15.8. The molecule has 2 N–H and O–H groups in total. The number of nitrogens with zero attached hydrogens (tertiary/aromatic N) is 1. The molecule has 27 heavy (non-hydrogen) atoms. The third-order valence-corrected chi connectivity index (χ3v) is 5.59. The smallest absolute Gasteiger partial charge is 0.322 e.